The van der Waals surface area contributed by atoms with Crippen LogP contribution in [0.25, 0.3) is 0 Å². The maximum atomic E-state index is 11.4. The summed E-state index contributed by atoms with van der Waals surface area (Å²) >= 11 is 0. The predicted octanol–water partition coefficient (Wildman–Crippen LogP) is 2.39. The summed E-state index contributed by atoms with van der Waals surface area (Å²) in [5, 5.41) is 0. The number of carbonyl (C=O) groups is 1. The molecule has 0 aliphatic rings. The van der Waals surface area contributed by atoms with E-state index in [9.17, 15) is 4.79 Å². The first-order valence-electron chi connectivity index (χ1n) is 6.42. The Labute approximate surface area is 115 Å². The summed E-state index contributed by atoms with van der Waals surface area (Å²) in [6, 6.07) is 6.32. The van der Waals surface area contributed by atoms with Crippen LogP contribution < -0.4 is 4.74 Å². The monoisotopic (exact) mass is 265 g/mol. The van der Waals surface area contributed by atoms with Crippen LogP contribution in [0.2, 0.25) is 0 Å². The third-order valence-electron chi connectivity index (χ3n) is 3.10. The Morgan fingerprint density at radius 1 is 1.32 bits per heavy atom. The van der Waals surface area contributed by atoms with Gasteiger partial charge in [-0.25, -0.2) is 0 Å². The molecule has 0 unspecified atom stereocenters. The van der Waals surface area contributed by atoms with Crippen molar-refractivity contribution < 1.29 is 14.3 Å². The van der Waals surface area contributed by atoms with Gasteiger partial charge in [0.05, 0.1) is 20.8 Å². The van der Waals surface area contributed by atoms with Crippen molar-refractivity contribution in [3.8, 4) is 5.75 Å². The van der Waals surface area contributed by atoms with Gasteiger partial charge in [-0.05, 0) is 26.8 Å². The van der Waals surface area contributed by atoms with Gasteiger partial charge < -0.3 is 9.47 Å². The second kappa shape index (κ2) is 7.14. The van der Waals surface area contributed by atoms with Gasteiger partial charge >= 0.3 is 5.97 Å². The van der Waals surface area contributed by atoms with Crippen molar-refractivity contribution in [1.29, 1.82) is 0 Å². The molecule has 0 heterocycles. The average Bonchev–Trinajstić information content (AvgIpc) is 2.37. The normalized spacial score (nSPS) is 10.9. The largest absolute Gasteiger partial charge is 0.496 e. The maximum absolute atomic E-state index is 11.4. The van der Waals surface area contributed by atoms with Gasteiger partial charge in [-0.15, -0.1) is 0 Å². The molecule has 4 nitrogen and oxygen atoms in total. The summed E-state index contributed by atoms with van der Waals surface area (Å²) in [5.74, 6) is 0.626. The second-order valence-electron chi connectivity index (χ2n) is 4.89. The minimum absolute atomic E-state index is 0.222. The summed E-state index contributed by atoms with van der Waals surface area (Å²) < 4.78 is 10.1. The van der Waals surface area contributed by atoms with Crippen molar-refractivity contribution >= 4 is 5.97 Å². The van der Waals surface area contributed by atoms with Gasteiger partial charge in [0.2, 0.25) is 0 Å². The molecule has 0 amide bonds. The molecular formula is C15H23NO3. The molecule has 0 aliphatic carbocycles. The van der Waals surface area contributed by atoms with Crippen LogP contribution in [-0.4, -0.2) is 37.7 Å². The molecule has 0 N–H and O–H groups in total. The Kier molecular flexibility index (Phi) is 5.83. The average molecular weight is 265 g/mol. The molecular weight excluding hydrogens is 242 g/mol. The van der Waals surface area contributed by atoms with Crippen molar-refractivity contribution in [2.24, 2.45) is 0 Å². The van der Waals surface area contributed by atoms with Gasteiger partial charge in [0.1, 0.15) is 5.75 Å². The molecule has 0 spiro atoms. The summed E-state index contributed by atoms with van der Waals surface area (Å²) in [7, 11) is 3.07. The van der Waals surface area contributed by atoms with Crippen LogP contribution in [0.3, 0.4) is 0 Å². The van der Waals surface area contributed by atoms with E-state index in [1.807, 2.05) is 19.1 Å². The zero-order chi connectivity index (χ0) is 14.4. The van der Waals surface area contributed by atoms with Crippen LogP contribution in [0.1, 0.15) is 25.0 Å². The van der Waals surface area contributed by atoms with E-state index in [0.29, 0.717) is 6.54 Å². The van der Waals surface area contributed by atoms with Crippen molar-refractivity contribution in [1.82, 2.24) is 4.90 Å². The van der Waals surface area contributed by atoms with E-state index in [2.05, 4.69) is 24.8 Å². The third-order valence-corrected chi connectivity index (χ3v) is 3.10. The number of aryl methyl sites for hydroxylation is 1. The molecule has 0 atom stereocenters. The third kappa shape index (κ3) is 4.56. The van der Waals surface area contributed by atoms with Crippen LogP contribution in [0.5, 0.6) is 5.75 Å². The van der Waals surface area contributed by atoms with Crippen LogP contribution in [0.4, 0.5) is 0 Å². The fourth-order valence-corrected chi connectivity index (χ4v) is 1.90. The topological polar surface area (TPSA) is 38.8 Å². The zero-order valence-electron chi connectivity index (χ0n) is 12.4. The number of rotatable bonds is 6. The number of ether oxygens (including phenoxy) is 2. The maximum Gasteiger partial charge on any atom is 0.319 e. The molecule has 0 fully saturated rings. The molecule has 0 radical (unpaired) electrons. The number of esters is 1. The van der Waals surface area contributed by atoms with Crippen LogP contribution in [-0.2, 0) is 16.1 Å². The molecule has 0 saturated carbocycles. The van der Waals surface area contributed by atoms with Crippen molar-refractivity contribution in [2.75, 3.05) is 20.8 Å². The highest BCUT2D eigenvalue weighted by Crippen LogP contribution is 2.22. The van der Waals surface area contributed by atoms with E-state index in [4.69, 9.17) is 9.47 Å². The highest BCUT2D eigenvalue weighted by atomic mass is 16.5. The summed E-state index contributed by atoms with van der Waals surface area (Å²) in [6.07, 6.45) is 0. The highest BCUT2D eigenvalue weighted by Gasteiger charge is 2.16. The fourth-order valence-electron chi connectivity index (χ4n) is 1.90. The quantitative estimate of drug-likeness (QED) is 0.740. The number of nitrogens with zero attached hydrogens (tertiary/aromatic N) is 1. The molecule has 106 valence electrons. The number of hydrogen-bond donors (Lipinski definition) is 0. The first-order valence-corrected chi connectivity index (χ1v) is 6.42. The van der Waals surface area contributed by atoms with Gasteiger partial charge in [0.15, 0.2) is 0 Å². The van der Waals surface area contributed by atoms with Crippen LogP contribution in [0, 0.1) is 6.92 Å². The second-order valence-corrected chi connectivity index (χ2v) is 4.89. The molecule has 4 heteroatoms. The van der Waals surface area contributed by atoms with Crippen molar-refractivity contribution in [3.05, 3.63) is 29.3 Å². The van der Waals surface area contributed by atoms with Crippen LogP contribution in [0.15, 0.2) is 18.2 Å². The molecule has 1 aromatic carbocycles. The van der Waals surface area contributed by atoms with Gasteiger partial charge in [-0.1, -0.05) is 17.7 Å². The molecule has 0 aromatic heterocycles. The van der Waals surface area contributed by atoms with Gasteiger partial charge in [-0.2, -0.15) is 0 Å². The number of methoxy groups -OCH3 is 2. The zero-order valence-corrected chi connectivity index (χ0v) is 12.4. The Balaban J connectivity index is 2.89. The Bertz CT molecular complexity index is 429. The van der Waals surface area contributed by atoms with E-state index >= 15 is 0 Å². The molecule has 0 bridgehead atoms. The van der Waals surface area contributed by atoms with Crippen molar-refractivity contribution in [2.45, 2.75) is 33.4 Å². The molecule has 1 rings (SSSR count). The lowest BCUT2D eigenvalue weighted by atomic mass is 10.1. The Hall–Kier alpha value is -1.55. The van der Waals surface area contributed by atoms with Gasteiger partial charge in [-0.3, -0.25) is 9.69 Å². The lowest BCUT2D eigenvalue weighted by Crippen LogP contribution is -2.35. The lowest BCUT2D eigenvalue weighted by Gasteiger charge is -2.26. The van der Waals surface area contributed by atoms with Crippen molar-refractivity contribution in [3.63, 3.8) is 0 Å². The van der Waals surface area contributed by atoms with E-state index in [0.717, 1.165) is 11.3 Å². The molecule has 19 heavy (non-hydrogen) atoms. The van der Waals surface area contributed by atoms with E-state index in [1.165, 1.54) is 12.7 Å². The lowest BCUT2D eigenvalue weighted by molar-refractivity contribution is -0.142. The minimum Gasteiger partial charge on any atom is -0.496 e. The highest BCUT2D eigenvalue weighted by molar-refractivity contribution is 5.71. The van der Waals surface area contributed by atoms with Crippen LogP contribution >= 0.6 is 0 Å². The smallest absolute Gasteiger partial charge is 0.319 e. The SMILES string of the molecule is COC(=O)CN(Cc1cc(C)ccc1OC)C(C)C. The molecule has 0 saturated heterocycles. The fraction of sp³-hybridized carbons (Fsp3) is 0.533. The Morgan fingerprint density at radius 3 is 2.53 bits per heavy atom. The van der Waals surface area contributed by atoms with E-state index in [-0.39, 0.29) is 18.6 Å². The first-order chi connectivity index (χ1) is 8.97. The molecule has 0 aliphatic heterocycles. The van der Waals surface area contributed by atoms with E-state index < -0.39 is 0 Å². The van der Waals surface area contributed by atoms with Gasteiger partial charge in [0.25, 0.3) is 0 Å². The van der Waals surface area contributed by atoms with E-state index in [1.54, 1.807) is 7.11 Å². The van der Waals surface area contributed by atoms with Gasteiger partial charge in [0, 0.05) is 18.2 Å². The number of benzene rings is 1. The molecule has 1 aromatic rings. The standard InChI is InChI=1S/C15H23NO3/c1-11(2)16(10-15(17)19-5)9-13-8-12(3)6-7-14(13)18-4/h6-8,11H,9-10H2,1-5H3. The summed E-state index contributed by atoms with van der Waals surface area (Å²) in [5.41, 5.74) is 2.26. The number of carbonyl (C=O) groups excluding carboxylic acids is 1. The number of hydrogen-bond acceptors (Lipinski definition) is 4. The first kappa shape index (κ1) is 15.5. The Morgan fingerprint density at radius 2 is 2.00 bits per heavy atom. The summed E-state index contributed by atoms with van der Waals surface area (Å²) in [6.45, 7) is 7.11. The minimum atomic E-state index is -0.222. The summed E-state index contributed by atoms with van der Waals surface area (Å²) in [4.78, 5) is 13.5. The predicted molar refractivity (Wildman–Crippen MR) is 75.3 cm³/mol.